The van der Waals surface area contributed by atoms with Crippen LogP contribution in [0.2, 0.25) is 5.02 Å². The van der Waals surface area contributed by atoms with Crippen molar-refractivity contribution in [1.82, 2.24) is 0 Å². The first-order valence-corrected chi connectivity index (χ1v) is 13.2. The van der Waals surface area contributed by atoms with Gasteiger partial charge in [0, 0.05) is 5.56 Å². The van der Waals surface area contributed by atoms with E-state index in [0.717, 1.165) is 6.07 Å². The van der Waals surface area contributed by atoms with Crippen molar-refractivity contribution in [2.75, 3.05) is 6.61 Å². The summed E-state index contributed by atoms with van der Waals surface area (Å²) in [7, 11) is -4.91. The Morgan fingerprint density at radius 1 is 1.03 bits per heavy atom. The van der Waals surface area contributed by atoms with E-state index in [1.807, 2.05) is 0 Å². The maximum atomic E-state index is 12.0. The maximum absolute atomic E-state index is 12.0. The second-order valence-corrected chi connectivity index (χ2v) is 10.6. The van der Waals surface area contributed by atoms with E-state index in [0.29, 0.717) is 11.1 Å². The van der Waals surface area contributed by atoms with Crippen molar-refractivity contribution in [3.8, 4) is 5.75 Å². The zero-order chi connectivity index (χ0) is 27.8. The summed E-state index contributed by atoms with van der Waals surface area (Å²) in [4.78, 5) is 11.4. The molecule has 0 unspecified atom stereocenters. The summed E-state index contributed by atoms with van der Waals surface area (Å²) in [6.45, 7) is -0.650. The quantitative estimate of drug-likeness (QED) is 0.223. The number of ketones is 1. The van der Waals surface area contributed by atoms with Crippen molar-refractivity contribution in [2.45, 2.75) is 35.6 Å². The van der Waals surface area contributed by atoms with Crippen molar-refractivity contribution in [1.29, 1.82) is 0 Å². The van der Waals surface area contributed by atoms with E-state index in [-0.39, 0.29) is 56.5 Å². The van der Waals surface area contributed by atoms with E-state index >= 15 is 0 Å². The first kappa shape index (κ1) is 31.9. The number of carbonyl (C=O) groups excluding carboxylic acids is 1. The van der Waals surface area contributed by atoms with Gasteiger partial charge in [-0.1, -0.05) is 53.5 Å². The van der Waals surface area contributed by atoms with Crippen LogP contribution in [-0.4, -0.2) is 76.5 Å². The molecule has 4 N–H and O–H groups in total. The summed E-state index contributed by atoms with van der Waals surface area (Å²) in [6.07, 6.45) is -3.65. The first-order chi connectivity index (χ1) is 17.9. The van der Waals surface area contributed by atoms with Crippen LogP contribution in [0.4, 0.5) is 0 Å². The number of hydrogen-bond donors (Lipinski definition) is 4. The molecule has 4 rings (SSSR count). The van der Waals surface area contributed by atoms with E-state index in [1.54, 1.807) is 0 Å². The molecule has 0 saturated carbocycles. The molecule has 2 aromatic rings. The zero-order valence-corrected chi connectivity index (χ0v) is 24.6. The van der Waals surface area contributed by atoms with Crippen LogP contribution in [0.25, 0.3) is 5.57 Å². The minimum Gasteiger partial charge on any atom is -0.744 e. The van der Waals surface area contributed by atoms with Crippen LogP contribution < -0.4 is 34.3 Å². The van der Waals surface area contributed by atoms with Gasteiger partial charge in [0.1, 0.15) is 40.3 Å². The molecule has 2 aromatic carbocycles. The number of carbonyl (C=O) groups is 1. The molecule has 39 heavy (non-hydrogen) atoms. The minimum atomic E-state index is -4.91. The van der Waals surface area contributed by atoms with E-state index in [4.69, 9.17) is 32.7 Å². The van der Waals surface area contributed by atoms with E-state index < -0.39 is 58.1 Å². The van der Waals surface area contributed by atoms with E-state index in [1.165, 1.54) is 54.6 Å². The molecule has 0 bridgehead atoms. The van der Waals surface area contributed by atoms with Gasteiger partial charge in [-0.2, -0.15) is 0 Å². The van der Waals surface area contributed by atoms with Crippen LogP contribution in [0.15, 0.2) is 76.2 Å². The van der Waals surface area contributed by atoms with Gasteiger partial charge in [0.2, 0.25) is 6.29 Å². The number of aliphatic hydroxyl groups excluding tert-OH is 4. The Kier molecular flexibility index (Phi) is 10.6. The minimum absolute atomic E-state index is 0. The predicted octanol–water partition coefficient (Wildman–Crippen LogP) is -1.51. The molecule has 14 heteroatoms. The molecule has 1 saturated heterocycles. The van der Waals surface area contributed by atoms with Crippen molar-refractivity contribution in [3.63, 3.8) is 0 Å². The topological polar surface area (TPSA) is 174 Å². The first-order valence-electron chi connectivity index (χ1n) is 11.1. The van der Waals surface area contributed by atoms with Crippen LogP contribution in [0, 0.1) is 0 Å². The SMILES string of the molecule is O=C1C=C/C(=C(\c2ccc(O[C@@H]3O[C@H](CO)[C@H](O)[C@H](O)[C@H]3O)c(Cl)c2)c2ccccc2S(=O)(=O)[O-])C=C1Cl.[Na+]. The Bertz CT molecular complexity index is 1450. The Balaban J connectivity index is 0.00000420. The van der Waals surface area contributed by atoms with Gasteiger partial charge < -0.3 is 34.5 Å². The largest absolute Gasteiger partial charge is 1.00 e. The van der Waals surface area contributed by atoms with Gasteiger partial charge >= 0.3 is 29.6 Å². The van der Waals surface area contributed by atoms with Gasteiger partial charge in [-0.15, -0.1) is 0 Å². The van der Waals surface area contributed by atoms with Crippen molar-refractivity contribution >= 4 is 44.7 Å². The summed E-state index contributed by atoms with van der Waals surface area (Å²) < 4.78 is 47.0. The summed E-state index contributed by atoms with van der Waals surface area (Å²) >= 11 is 12.5. The molecule has 2 aliphatic rings. The molecule has 1 aliphatic carbocycles. The van der Waals surface area contributed by atoms with Gasteiger partial charge in [0.15, 0.2) is 5.78 Å². The molecule has 0 spiro atoms. The number of benzene rings is 2. The van der Waals surface area contributed by atoms with Crippen molar-refractivity contribution in [2.24, 2.45) is 0 Å². The molecule has 0 amide bonds. The number of aliphatic hydroxyl groups is 4. The Morgan fingerprint density at radius 2 is 1.72 bits per heavy atom. The molecule has 1 fully saturated rings. The Morgan fingerprint density at radius 3 is 2.33 bits per heavy atom. The third kappa shape index (κ3) is 6.84. The second-order valence-electron chi connectivity index (χ2n) is 8.43. The van der Waals surface area contributed by atoms with Gasteiger partial charge in [0.05, 0.1) is 21.6 Å². The van der Waals surface area contributed by atoms with Crippen LogP contribution in [0.1, 0.15) is 11.1 Å². The molecule has 10 nitrogen and oxygen atoms in total. The Labute approximate surface area is 255 Å². The molecule has 5 atom stereocenters. The van der Waals surface area contributed by atoms with Crippen LogP contribution in [0.5, 0.6) is 5.75 Å². The monoisotopic (exact) mass is 606 g/mol. The molecule has 0 radical (unpaired) electrons. The molecule has 0 aromatic heterocycles. The molecule has 1 heterocycles. The van der Waals surface area contributed by atoms with E-state index in [2.05, 4.69) is 0 Å². The normalized spacial score (nSPS) is 26.5. The zero-order valence-electron chi connectivity index (χ0n) is 20.3. The third-order valence-electron chi connectivity index (χ3n) is 5.96. The summed E-state index contributed by atoms with van der Waals surface area (Å²) in [5, 5.41) is 39.4. The fraction of sp³-hybridized carbons (Fsp3) is 0.240. The Hall–Kier alpha value is -1.58. The van der Waals surface area contributed by atoms with Gasteiger partial charge in [-0.3, -0.25) is 4.79 Å². The number of hydrogen-bond acceptors (Lipinski definition) is 10. The fourth-order valence-electron chi connectivity index (χ4n) is 4.07. The van der Waals surface area contributed by atoms with Crippen LogP contribution in [0.3, 0.4) is 0 Å². The smallest absolute Gasteiger partial charge is 0.744 e. The molecule has 202 valence electrons. The average molecular weight is 607 g/mol. The summed E-state index contributed by atoms with van der Waals surface area (Å²) in [5.74, 6) is -0.474. The maximum Gasteiger partial charge on any atom is 1.00 e. The van der Waals surface area contributed by atoms with Gasteiger partial charge in [0.25, 0.3) is 0 Å². The van der Waals surface area contributed by atoms with Gasteiger partial charge in [-0.25, -0.2) is 8.42 Å². The van der Waals surface area contributed by atoms with Crippen molar-refractivity contribution < 1.29 is 77.2 Å². The summed E-state index contributed by atoms with van der Waals surface area (Å²) in [5.41, 5.74) is 0.908. The number of halogens is 2. The van der Waals surface area contributed by atoms with Crippen LogP contribution >= 0.6 is 23.2 Å². The molecule has 1 aliphatic heterocycles. The second kappa shape index (κ2) is 12.9. The van der Waals surface area contributed by atoms with Crippen LogP contribution in [-0.2, 0) is 19.6 Å². The molecular formula is C25H21Cl2NaO10S. The third-order valence-corrected chi connectivity index (χ3v) is 7.44. The number of rotatable bonds is 6. The average Bonchev–Trinajstić information content (AvgIpc) is 2.87. The van der Waals surface area contributed by atoms with E-state index in [9.17, 15) is 38.2 Å². The fourth-order valence-corrected chi connectivity index (χ4v) is 5.16. The number of allylic oxidation sites excluding steroid dienone is 5. The standard InChI is InChI=1S/C25H22Cl2O10S.Na/c26-15-9-12(5-7-17(15)29)21(14-3-1-2-4-20(14)38(33,34)35)13-6-8-18(16(27)10-13)36-25-24(32)23(31)22(30)19(11-28)37-25;/h1-10,19,22-25,28,30-32H,11H2,(H,33,34,35);/q;+1/p-1/b21-12-;/t19-,22+,23+,24-,25-;/m1./s1. The predicted molar refractivity (Wildman–Crippen MR) is 134 cm³/mol. The van der Waals surface area contributed by atoms with Gasteiger partial charge in [-0.05, 0) is 47.1 Å². The number of ether oxygens (including phenoxy) is 2. The van der Waals surface area contributed by atoms with Crippen molar-refractivity contribution in [3.05, 3.63) is 87.4 Å². The summed E-state index contributed by atoms with van der Waals surface area (Å²) in [6, 6.07) is 9.74. The molecular weight excluding hydrogens is 586 g/mol.